The fourth-order valence-corrected chi connectivity index (χ4v) is 3.00. The first-order valence-corrected chi connectivity index (χ1v) is 8.01. The first-order chi connectivity index (χ1) is 9.88. The number of nitrogens with one attached hydrogen (secondary N) is 1. The lowest BCUT2D eigenvalue weighted by Crippen LogP contribution is -2.41. The van der Waals surface area contributed by atoms with Crippen LogP contribution in [0.15, 0.2) is 18.2 Å². The summed E-state index contributed by atoms with van der Waals surface area (Å²) in [6, 6.07) is 6.62. The Kier molecular flexibility index (Phi) is 4.72. The zero-order valence-electron chi connectivity index (χ0n) is 14.0. The standard InChI is InChI=1S/C18H28N2O/c1-6-20(7-2)17(21)16-12-19-11-13-10-14(18(3,4)5)8-9-15(13)16/h8-10,16,19H,6-7,11-12H2,1-5H3. The molecule has 0 radical (unpaired) electrons. The average Bonchev–Trinajstić information content (AvgIpc) is 2.46. The molecule has 3 nitrogen and oxygen atoms in total. The summed E-state index contributed by atoms with van der Waals surface area (Å²) >= 11 is 0. The first-order valence-electron chi connectivity index (χ1n) is 8.01. The van der Waals surface area contributed by atoms with E-state index in [1.165, 1.54) is 16.7 Å². The monoisotopic (exact) mass is 288 g/mol. The van der Waals surface area contributed by atoms with E-state index >= 15 is 0 Å². The van der Waals surface area contributed by atoms with E-state index in [9.17, 15) is 4.79 Å². The number of carbonyl (C=O) groups is 1. The molecule has 1 N–H and O–H groups in total. The van der Waals surface area contributed by atoms with E-state index in [2.05, 4.69) is 44.3 Å². The summed E-state index contributed by atoms with van der Waals surface area (Å²) in [6.45, 7) is 13.9. The maximum Gasteiger partial charge on any atom is 0.231 e. The van der Waals surface area contributed by atoms with Gasteiger partial charge in [-0.2, -0.15) is 0 Å². The molecular weight excluding hydrogens is 260 g/mol. The van der Waals surface area contributed by atoms with Crippen LogP contribution in [-0.4, -0.2) is 30.4 Å². The Morgan fingerprint density at radius 1 is 1.29 bits per heavy atom. The molecule has 1 amide bonds. The van der Waals surface area contributed by atoms with Crippen molar-refractivity contribution in [3.63, 3.8) is 0 Å². The van der Waals surface area contributed by atoms with Gasteiger partial charge in [-0.05, 0) is 36.0 Å². The van der Waals surface area contributed by atoms with Crippen molar-refractivity contribution >= 4 is 5.91 Å². The number of hydrogen-bond acceptors (Lipinski definition) is 2. The van der Waals surface area contributed by atoms with E-state index in [-0.39, 0.29) is 17.2 Å². The summed E-state index contributed by atoms with van der Waals surface area (Å²) in [5.41, 5.74) is 3.96. The highest BCUT2D eigenvalue weighted by molar-refractivity contribution is 5.84. The molecule has 0 fully saturated rings. The van der Waals surface area contributed by atoms with Crippen molar-refractivity contribution in [2.75, 3.05) is 19.6 Å². The molecule has 1 atom stereocenters. The molecule has 1 aliphatic rings. The molecule has 116 valence electrons. The maximum atomic E-state index is 12.7. The van der Waals surface area contributed by atoms with Crippen LogP contribution in [0.1, 0.15) is 57.2 Å². The highest BCUT2D eigenvalue weighted by atomic mass is 16.2. The lowest BCUT2D eigenvalue weighted by molar-refractivity contribution is -0.132. The van der Waals surface area contributed by atoms with Crippen molar-refractivity contribution < 1.29 is 4.79 Å². The predicted octanol–water partition coefficient (Wildman–Crippen LogP) is 3.04. The van der Waals surface area contributed by atoms with Crippen LogP contribution in [0.25, 0.3) is 0 Å². The lowest BCUT2D eigenvalue weighted by atomic mass is 9.82. The van der Waals surface area contributed by atoms with E-state index in [4.69, 9.17) is 0 Å². The molecule has 1 aliphatic heterocycles. The van der Waals surface area contributed by atoms with E-state index in [0.29, 0.717) is 0 Å². The number of nitrogens with zero attached hydrogens (tertiary/aromatic N) is 1. The number of amides is 1. The Morgan fingerprint density at radius 3 is 2.52 bits per heavy atom. The van der Waals surface area contributed by atoms with Crippen LogP contribution in [0.2, 0.25) is 0 Å². The molecule has 1 unspecified atom stereocenters. The first kappa shape index (κ1) is 16.0. The second-order valence-corrected chi connectivity index (χ2v) is 6.86. The fraction of sp³-hybridized carbons (Fsp3) is 0.611. The Bertz CT molecular complexity index is 512. The van der Waals surface area contributed by atoms with Gasteiger partial charge >= 0.3 is 0 Å². The van der Waals surface area contributed by atoms with Crippen molar-refractivity contribution in [3.8, 4) is 0 Å². The highest BCUT2D eigenvalue weighted by Crippen LogP contribution is 2.30. The minimum atomic E-state index is -0.0392. The Morgan fingerprint density at radius 2 is 1.95 bits per heavy atom. The quantitative estimate of drug-likeness (QED) is 0.927. The summed E-state index contributed by atoms with van der Waals surface area (Å²) in [7, 11) is 0. The molecular formula is C18H28N2O. The van der Waals surface area contributed by atoms with E-state index in [1.54, 1.807) is 0 Å². The van der Waals surface area contributed by atoms with Gasteiger partial charge in [0.15, 0.2) is 0 Å². The van der Waals surface area contributed by atoms with Crippen LogP contribution in [0.5, 0.6) is 0 Å². The number of likely N-dealkylation sites (N-methyl/N-ethyl adjacent to an activating group) is 1. The summed E-state index contributed by atoms with van der Waals surface area (Å²) in [5.74, 6) is 0.208. The van der Waals surface area contributed by atoms with E-state index in [1.807, 2.05) is 18.7 Å². The molecule has 0 aliphatic carbocycles. The molecule has 3 heteroatoms. The molecule has 2 rings (SSSR count). The van der Waals surface area contributed by atoms with Crippen LogP contribution in [-0.2, 0) is 16.8 Å². The number of fused-ring (bicyclic) bond motifs is 1. The van der Waals surface area contributed by atoms with Gasteiger partial charge < -0.3 is 10.2 Å². The van der Waals surface area contributed by atoms with Gasteiger partial charge in [-0.1, -0.05) is 39.0 Å². The van der Waals surface area contributed by atoms with Crippen molar-refractivity contribution in [2.45, 2.75) is 52.5 Å². The SMILES string of the molecule is CCN(CC)C(=O)C1CNCc2cc(C(C)(C)C)ccc21. The minimum Gasteiger partial charge on any atom is -0.343 e. The van der Waals surface area contributed by atoms with Gasteiger partial charge in [0.25, 0.3) is 0 Å². The topological polar surface area (TPSA) is 32.3 Å². The van der Waals surface area contributed by atoms with Gasteiger partial charge in [-0.25, -0.2) is 0 Å². The van der Waals surface area contributed by atoms with Crippen molar-refractivity contribution in [3.05, 3.63) is 34.9 Å². The molecule has 0 spiro atoms. The Labute approximate surface area is 128 Å². The number of benzene rings is 1. The van der Waals surface area contributed by atoms with Crippen LogP contribution >= 0.6 is 0 Å². The normalized spacial score (nSPS) is 18.2. The second kappa shape index (κ2) is 6.18. The zero-order valence-corrected chi connectivity index (χ0v) is 14.0. The van der Waals surface area contributed by atoms with Crippen LogP contribution in [0.3, 0.4) is 0 Å². The van der Waals surface area contributed by atoms with Crippen LogP contribution < -0.4 is 5.32 Å². The van der Waals surface area contributed by atoms with Crippen molar-refractivity contribution in [1.82, 2.24) is 10.2 Å². The van der Waals surface area contributed by atoms with Gasteiger partial charge in [0.1, 0.15) is 0 Å². The highest BCUT2D eigenvalue weighted by Gasteiger charge is 2.29. The van der Waals surface area contributed by atoms with Crippen LogP contribution in [0.4, 0.5) is 0 Å². The molecule has 1 aromatic rings. The fourth-order valence-electron chi connectivity index (χ4n) is 3.00. The smallest absolute Gasteiger partial charge is 0.231 e. The molecule has 0 aromatic heterocycles. The largest absolute Gasteiger partial charge is 0.343 e. The number of hydrogen-bond donors (Lipinski definition) is 1. The molecule has 21 heavy (non-hydrogen) atoms. The van der Waals surface area contributed by atoms with Crippen LogP contribution in [0, 0.1) is 0 Å². The Balaban J connectivity index is 2.34. The second-order valence-electron chi connectivity index (χ2n) is 6.86. The summed E-state index contributed by atoms with van der Waals surface area (Å²) in [5, 5.41) is 3.41. The van der Waals surface area contributed by atoms with Gasteiger partial charge in [-0.3, -0.25) is 4.79 Å². The lowest BCUT2D eigenvalue weighted by Gasteiger charge is -2.31. The van der Waals surface area contributed by atoms with Gasteiger partial charge in [-0.15, -0.1) is 0 Å². The Hall–Kier alpha value is -1.35. The van der Waals surface area contributed by atoms with Crippen molar-refractivity contribution in [2.24, 2.45) is 0 Å². The minimum absolute atomic E-state index is 0.0392. The number of rotatable bonds is 3. The third-order valence-corrected chi connectivity index (χ3v) is 4.42. The van der Waals surface area contributed by atoms with Gasteiger partial charge in [0.2, 0.25) is 5.91 Å². The average molecular weight is 288 g/mol. The third-order valence-electron chi connectivity index (χ3n) is 4.42. The molecule has 1 heterocycles. The molecule has 0 saturated carbocycles. The third kappa shape index (κ3) is 3.29. The molecule has 0 bridgehead atoms. The summed E-state index contributed by atoms with van der Waals surface area (Å²) in [6.07, 6.45) is 0. The maximum absolute atomic E-state index is 12.7. The van der Waals surface area contributed by atoms with Gasteiger partial charge in [0, 0.05) is 26.2 Å². The predicted molar refractivity (Wildman–Crippen MR) is 87.5 cm³/mol. The van der Waals surface area contributed by atoms with Gasteiger partial charge in [0.05, 0.1) is 5.92 Å². The summed E-state index contributed by atoms with van der Waals surface area (Å²) in [4.78, 5) is 14.6. The molecule has 1 aromatic carbocycles. The van der Waals surface area contributed by atoms with E-state index < -0.39 is 0 Å². The van der Waals surface area contributed by atoms with E-state index in [0.717, 1.165) is 26.2 Å². The zero-order chi connectivity index (χ0) is 15.6. The van der Waals surface area contributed by atoms with Crippen molar-refractivity contribution in [1.29, 1.82) is 0 Å². The number of carbonyl (C=O) groups excluding carboxylic acids is 1. The molecule has 0 saturated heterocycles. The summed E-state index contributed by atoms with van der Waals surface area (Å²) < 4.78 is 0.